The first kappa shape index (κ1) is 12.3. The Labute approximate surface area is 116 Å². The number of ether oxygens (including phenoxy) is 1. The molecule has 0 fully saturated rings. The second kappa shape index (κ2) is 4.74. The monoisotopic (exact) mass is 266 g/mol. The van der Waals surface area contributed by atoms with Gasteiger partial charge in [-0.05, 0) is 12.0 Å². The van der Waals surface area contributed by atoms with E-state index in [1.54, 1.807) is 0 Å². The fourth-order valence-corrected chi connectivity index (χ4v) is 2.56. The van der Waals surface area contributed by atoms with Gasteiger partial charge >= 0.3 is 0 Å². The zero-order valence-corrected chi connectivity index (χ0v) is 11.1. The van der Waals surface area contributed by atoms with Crippen LogP contribution in [0.3, 0.4) is 0 Å². The van der Waals surface area contributed by atoms with Crippen LogP contribution in [0, 0.1) is 11.3 Å². The van der Waals surface area contributed by atoms with Crippen LogP contribution in [-0.2, 0) is 6.42 Å². The van der Waals surface area contributed by atoms with E-state index in [0.717, 1.165) is 23.2 Å². The van der Waals surface area contributed by atoms with Gasteiger partial charge in [0.25, 0.3) is 0 Å². The van der Waals surface area contributed by atoms with Gasteiger partial charge in [0.1, 0.15) is 11.6 Å². The molecule has 0 spiro atoms. The molecular formula is C15H14N4O. The summed E-state index contributed by atoms with van der Waals surface area (Å²) in [5.74, 6) is 0.369. The molecule has 5 nitrogen and oxygen atoms in total. The maximum absolute atomic E-state index is 9.42. The molecule has 0 saturated heterocycles. The molecule has 1 aromatic carbocycles. The molecule has 1 aliphatic rings. The second-order valence-corrected chi connectivity index (χ2v) is 4.61. The lowest BCUT2D eigenvalue weighted by Gasteiger charge is -2.23. The quantitative estimate of drug-likeness (QED) is 0.872. The summed E-state index contributed by atoms with van der Waals surface area (Å²) in [4.78, 5) is 0. The molecule has 1 atom stereocenters. The minimum atomic E-state index is -0.223. The van der Waals surface area contributed by atoms with E-state index < -0.39 is 0 Å². The van der Waals surface area contributed by atoms with E-state index in [1.807, 2.05) is 37.3 Å². The topological polar surface area (TPSA) is 87.7 Å². The average molecular weight is 266 g/mol. The van der Waals surface area contributed by atoms with Crippen molar-refractivity contribution in [2.24, 2.45) is 5.73 Å². The Balaban J connectivity index is 2.24. The number of nitrogens with zero attached hydrogens (tertiary/aromatic N) is 2. The van der Waals surface area contributed by atoms with Crippen molar-refractivity contribution < 1.29 is 4.74 Å². The number of nitrogens with one attached hydrogen (secondary N) is 1. The highest BCUT2D eigenvalue weighted by Gasteiger charge is 2.34. The summed E-state index contributed by atoms with van der Waals surface area (Å²) in [6, 6.07) is 12.0. The number of allylic oxidation sites excluding steroid dienone is 1. The van der Waals surface area contributed by atoms with Gasteiger partial charge in [-0.3, -0.25) is 5.10 Å². The standard InChI is InChI=1S/C15H14N4O/c1-2-11-13-12(9-6-4-3-5-7-9)10(8-16)14(17)20-15(13)19-18-11/h3-7,12H,2,17H2,1H3,(H,18,19)/t12-/m1/s1. The number of aryl methyl sites for hydroxylation is 1. The Bertz CT molecular complexity index is 709. The van der Waals surface area contributed by atoms with E-state index in [9.17, 15) is 5.26 Å². The third kappa shape index (κ3) is 1.74. The lowest BCUT2D eigenvalue weighted by Crippen LogP contribution is -2.21. The van der Waals surface area contributed by atoms with Crippen molar-refractivity contribution in [3.8, 4) is 11.9 Å². The molecule has 0 bridgehead atoms. The SMILES string of the molecule is CCc1[nH]nc2c1[C@H](c1ccccc1)C(C#N)=C(N)O2. The summed E-state index contributed by atoms with van der Waals surface area (Å²) in [6.07, 6.45) is 0.785. The summed E-state index contributed by atoms with van der Waals surface area (Å²) in [5, 5.41) is 16.5. The highest BCUT2D eigenvalue weighted by Crippen LogP contribution is 2.42. The van der Waals surface area contributed by atoms with E-state index >= 15 is 0 Å². The normalized spacial score (nSPS) is 17.3. The van der Waals surface area contributed by atoms with E-state index in [4.69, 9.17) is 10.5 Å². The van der Waals surface area contributed by atoms with Crippen LogP contribution in [-0.4, -0.2) is 10.2 Å². The van der Waals surface area contributed by atoms with Gasteiger partial charge in [-0.25, -0.2) is 0 Å². The number of aromatic amines is 1. The van der Waals surface area contributed by atoms with Gasteiger partial charge in [-0.1, -0.05) is 37.3 Å². The van der Waals surface area contributed by atoms with Crippen LogP contribution < -0.4 is 10.5 Å². The van der Waals surface area contributed by atoms with Gasteiger partial charge in [0, 0.05) is 11.3 Å². The molecule has 5 heteroatoms. The van der Waals surface area contributed by atoms with Crippen molar-refractivity contribution >= 4 is 0 Å². The van der Waals surface area contributed by atoms with Crippen LogP contribution in [0.25, 0.3) is 0 Å². The molecule has 3 N–H and O–H groups in total. The summed E-state index contributed by atoms with van der Waals surface area (Å²) in [5.41, 5.74) is 9.17. The van der Waals surface area contributed by atoms with Gasteiger partial charge < -0.3 is 10.5 Å². The van der Waals surface area contributed by atoms with Crippen molar-refractivity contribution in [2.75, 3.05) is 0 Å². The van der Waals surface area contributed by atoms with Crippen LogP contribution in [0.5, 0.6) is 5.88 Å². The van der Waals surface area contributed by atoms with Crippen LogP contribution in [0.2, 0.25) is 0 Å². The third-order valence-electron chi connectivity index (χ3n) is 3.50. The molecule has 2 heterocycles. The van der Waals surface area contributed by atoms with Crippen molar-refractivity contribution in [3.63, 3.8) is 0 Å². The molecule has 0 radical (unpaired) electrons. The molecule has 1 aromatic heterocycles. The van der Waals surface area contributed by atoms with Gasteiger partial charge in [-0.15, -0.1) is 5.10 Å². The van der Waals surface area contributed by atoms with E-state index in [-0.39, 0.29) is 11.8 Å². The van der Waals surface area contributed by atoms with Gasteiger partial charge in [0.2, 0.25) is 11.8 Å². The zero-order valence-electron chi connectivity index (χ0n) is 11.1. The molecule has 0 aliphatic carbocycles. The summed E-state index contributed by atoms with van der Waals surface area (Å²) >= 11 is 0. The van der Waals surface area contributed by atoms with Crippen LogP contribution >= 0.6 is 0 Å². The fourth-order valence-electron chi connectivity index (χ4n) is 2.56. The Morgan fingerprint density at radius 3 is 2.80 bits per heavy atom. The molecule has 100 valence electrons. The lowest BCUT2D eigenvalue weighted by atomic mass is 9.84. The molecule has 0 saturated carbocycles. The summed E-state index contributed by atoms with van der Waals surface area (Å²) in [6.45, 7) is 2.03. The predicted molar refractivity (Wildman–Crippen MR) is 73.7 cm³/mol. The van der Waals surface area contributed by atoms with Crippen molar-refractivity contribution in [3.05, 3.63) is 58.6 Å². The summed E-state index contributed by atoms with van der Waals surface area (Å²) < 4.78 is 5.46. The third-order valence-corrected chi connectivity index (χ3v) is 3.50. The van der Waals surface area contributed by atoms with E-state index in [1.165, 1.54) is 0 Å². The fraction of sp³-hybridized carbons (Fsp3) is 0.200. The van der Waals surface area contributed by atoms with Crippen molar-refractivity contribution in [1.82, 2.24) is 10.2 Å². The number of nitrogens with two attached hydrogens (primary N) is 1. The highest BCUT2D eigenvalue weighted by molar-refractivity contribution is 5.54. The smallest absolute Gasteiger partial charge is 0.244 e. The Hall–Kier alpha value is -2.74. The average Bonchev–Trinajstić information content (AvgIpc) is 2.89. The Morgan fingerprint density at radius 1 is 1.40 bits per heavy atom. The first-order valence-electron chi connectivity index (χ1n) is 6.46. The lowest BCUT2D eigenvalue weighted by molar-refractivity contribution is 0.378. The molecule has 0 unspecified atom stereocenters. The number of benzene rings is 1. The first-order chi connectivity index (χ1) is 9.76. The maximum Gasteiger partial charge on any atom is 0.244 e. The number of hydrogen-bond acceptors (Lipinski definition) is 4. The first-order valence-corrected chi connectivity index (χ1v) is 6.46. The Morgan fingerprint density at radius 2 is 2.15 bits per heavy atom. The van der Waals surface area contributed by atoms with Crippen LogP contribution in [0.1, 0.15) is 29.7 Å². The highest BCUT2D eigenvalue weighted by atomic mass is 16.5. The molecule has 20 heavy (non-hydrogen) atoms. The van der Waals surface area contributed by atoms with Crippen LogP contribution in [0.4, 0.5) is 0 Å². The molecular weight excluding hydrogens is 252 g/mol. The Kier molecular flexibility index (Phi) is 2.92. The molecule has 2 aromatic rings. The maximum atomic E-state index is 9.42. The predicted octanol–water partition coefficient (Wildman–Crippen LogP) is 2.19. The molecule has 3 rings (SSSR count). The number of fused-ring (bicyclic) bond motifs is 1. The van der Waals surface area contributed by atoms with Crippen molar-refractivity contribution in [1.29, 1.82) is 5.26 Å². The zero-order chi connectivity index (χ0) is 14.1. The minimum absolute atomic E-state index is 0.128. The molecule has 1 aliphatic heterocycles. The minimum Gasteiger partial charge on any atom is -0.420 e. The largest absolute Gasteiger partial charge is 0.420 e. The number of rotatable bonds is 2. The number of hydrogen-bond donors (Lipinski definition) is 2. The number of H-pyrrole nitrogens is 1. The van der Waals surface area contributed by atoms with E-state index in [0.29, 0.717) is 11.5 Å². The summed E-state index contributed by atoms with van der Waals surface area (Å²) in [7, 11) is 0. The van der Waals surface area contributed by atoms with Crippen LogP contribution in [0.15, 0.2) is 41.8 Å². The molecule has 0 amide bonds. The van der Waals surface area contributed by atoms with Gasteiger partial charge in [0.05, 0.1) is 5.92 Å². The van der Waals surface area contributed by atoms with Crippen molar-refractivity contribution in [2.45, 2.75) is 19.3 Å². The number of nitriles is 1. The van der Waals surface area contributed by atoms with Gasteiger partial charge in [-0.2, -0.15) is 5.26 Å². The van der Waals surface area contributed by atoms with Gasteiger partial charge in [0.15, 0.2) is 0 Å². The second-order valence-electron chi connectivity index (χ2n) is 4.61. The van der Waals surface area contributed by atoms with E-state index in [2.05, 4.69) is 16.3 Å². The number of aromatic nitrogens is 2.